The lowest BCUT2D eigenvalue weighted by molar-refractivity contribution is 1.12. The summed E-state index contributed by atoms with van der Waals surface area (Å²) in [5, 5.41) is 5.01. The lowest BCUT2D eigenvalue weighted by Gasteiger charge is -2.01. The molecule has 0 aliphatic heterocycles. The van der Waals surface area contributed by atoms with E-state index in [2.05, 4.69) is 10.1 Å². The van der Waals surface area contributed by atoms with Gasteiger partial charge in [-0.05, 0) is 18.2 Å². The predicted octanol–water partition coefficient (Wildman–Crippen LogP) is 3.60. The second-order valence-electron chi connectivity index (χ2n) is 4.64. The summed E-state index contributed by atoms with van der Waals surface area (Å²) in [6.07, 6.45) is 0. The predicted molar refractivity (Wildman–Crippen MR) is 77.8 cm³/mol. The summed E-state index contributed by atoms with van der Waals surface area (Å²) in [4.78, 5) is 15.9. The molecule has 4 rings (SSSR count). The molecule has 4 aromatic rings. The SMILES string of the molecule is N=Nc1c2ccccc2n2c(=O)c3ccccc3[nH]c12. The topological polar surface area (TPSA) is 73.5 Å². The van der Waals surface area contributed by atoms with Crippen molar-refractivity contribution in [2.75, 3.05) is 0 Å². The number of nitrogens with one attached hydrogen (secondary N) is 2. The van der Waals surface area contributed by atoms with Crippen LogP contribution in [0.1, 0.15) is 0 Å². The highest BCUT2D eigenvalue weighted by Gasteiger charge is 2.15. The lowest BCUT2D eigenvalue weighted by atomic mass is 10.2. The molecule has 0 radical (unpaired) electrons. The summed E-state index contributed by atoms with van der Waals surface area (Å²) in [6, 6.07) is 14.8. The molecule has 2 heterocycles. The fourth-order valence-electron chi connectivity index (χ4n) is 2.69. The van der Waals surface area contributed by atoms with Gasteiger partial charge >= 0.3 is 0 Å². The number of hydrogen-bond donors (Lipinski definition) is 2. The highest BCUT2D eigenvalue weighted by atomic mass is 16.1. The second-order valence-corrected chi connectivity index (χ2v) is 4.64. The maximum absolute atomic E-state index is 12.7. The normalized spacial score (nSPS) is 11.4. The van der Waals surface area contributed by atoms with Crippen LogP contribution in [0.3, 0.4) is 0 Å². The zero-order chi connectivity index (χ0) is 13.7. The molecule has 5 heteroatoms. The van der Waals surface area contributed by atoms with Gasteiger partial charge in [0.05, 0.1) is 16.4 Å². The van der Waals surface area contributed by atoms with Crippen molar-refractivity contribution < 1.29 is 0 Å². The maximum Gasteiger partial charge on any atom is 0.266 e. The van der Waals surface area contributed by atoms with Gasteiger partial charge in [0.1, 0.15) is 11.3 Å². The van der Waals surface area contributed by atoms with Crippen molar-refractivity contribution in [2.45, 2.75) is 0 Å². The maximum atomic E-state index is 12.7. The third kappa shape index (κ3) is 1.23. The number of nitrogens with zero attached hydrogens (tertiary/aromatic N) is 2. The molecule has 0 saturated carbocycles. The fourth-order valence-corrected chi connectivity index (χ4v) is 2.69. The Kier molecular flexibility index (Phi) is 2.06. The zero-order valence-corrected chi connectivity index (χ0v) is 10.4. The molecular weight excluding hydrogens is 252 g/mol. The number of rotatable bonds is 1. The molecule has 0 atom stereocenters. The Hall–Kier alpha value is -2.95. The van der Waals surface area contributed by atoms with Crippen LogP contribution in [0.5, 0.6) is 0 Å². The third-order valence-electron chi connectivity index (χ3n) is 3.57. The minimum absolute atomic E-state index is 0.0968. The molecule has 0 aliphatic carbocycles. The quantitative estimate of drug-likeness (QED) is 0.505. The molecule has 96 valence electrons. The first-order valence-corrected chi connectivity index (χ1v) is 6.23. The van der Waals surface area contributed by atoms with Gasteiger partial charge in [0, 0.05) is 5.39 Å². The van der Waals surface area contributed by atoms with E-state index in [4.69, 9.17) is 5.53 Å². The monoisotopic (exact) mass is 262 g/mol. The van der Waals surface area contributed by atoms with E-state index in [0.717, 1.165) is 16.4 Å². The largest absolute Gasteiger partial charge is 0.339 e. The van der Waals surface area contributed by atoms with Crippen LogP contribution in [0.4, 0.5) is 5.69 Å². The standard InChI is InChI=1S/C15H10N4O/c16-18-13-10-6-2-4-8-12(10)19-14(13)17-11-7-3-1-5-9(11)15(19)20/h1-8,16-17H. The van der Waals surface area contributed by atoms with Gasteiger partial charge < -0.3 is 4.98 Å². The van der Waals surface area contributed by atoms with Crippen LogP contribution < -0.4 is 5.56 Å². The first-order chi connectivity index (χ1) is 9.81. The molecule has 20 heavy (non-hydrogen) atoms. The molecule has 2 aromatic heterocycles. The average molecular weight is 262 g/mol. The molecule has 0 spiro atoms. The molecule has 0 amide bonds. The number of benzene rings is 2. The molecule has 5 nitrogen and oxygen atoms in total. The van der Waals surface area contributed by atoms with E-state index in [-0.39, 0.29) is 5.56 Å². The number of fused-ring (bicyclic) bond motifs is 4. The number of para-hydroxylation sites is 2. The van der Waals surface area contributed by atoms with Gasteiger partial charge in [-0.3, -0.25) is 9.20 Å². The van der Waals surface area contributed by atoms with Gasteiger partial charge in [0.2, 0.25) is 0 Å². The van der Waals surface area contributed by atoms with Crippen molar-refractivity contribution in [3.8, 4) is 0 Å². The number of aromatic nitrogens is 2. The van der Waals surface area contributed by atoms with Crippen LogP contribution in [0.25, 0.3) is 27.5 Å². The molecule has 0 bridgehead atoms. The third-order valence-corrected chi connectivity index (χ3v) is 3.57. The first-order valence-electron chi connectivity index (χ1n) is 6.23. The summed E-state index contributed by atoms with van der Waals surface area (Å²) in [7, 11) is 0. The van der Waals surface area contributed by atoms with Crippen molar-refractivity contribution >= 4 is 33.1 Å². The molecule has 0 unspecified atom stereocenters. The van der Waals surface area contributed by atoms with E-state index in [1.54, 1.807) is 10.5 Å². The highest BCUT2D eigenvalue weighted by Crippen LogP contribution is 2.32. The van der Waals surface area contributed by atoms with Crippen molar-refractivity contribution in [2.24, 2.45) is 5.11 Å². The summed E-state index contributed by atoms with van der Waals surface area (Å²) in [6.45, 7) is 0. The Labute approximate surface area is 113 Å². The van der Waals surface area contributed by atoms with Gasteiger partial charge in [0.25, 0.3) is 5.56 Å². The van der Waals surface area contributed by atoms with E-state index < -0.39 is 0 Å². The first kappa shape index (κ1) is 10.9. The number of H-pyrrole nitrogens is 1. The van der Waals surface area contributed by atoms with Crippen LogP contribution >= 0.6 is 0 Å². The smallest absolute Gasteiger partial charge is 0.266 e. The average Bonchev–Trinajstić information content (AvgIpc) is 2.81. The van der Waals surface area contributed by atoms with Crippen molar-refractivity contribution in [3.05, 3.63) is 58.9 Å². The Balaban J connectivity index is 2.42. The van der Waals surface area contributed by atoms with Crippen molar-refractivity contribution in [3.63, 3.8) is 0 Å². The zero-order valence-electron chi connectivity index (χ0n) is 10.4. The second kappa shape index (κ2) is 3.77. The molecule has 0 fully saturated rings. The van der Waals surface area contributed by atoms with E-state index in [9.17, 15) is 4.79 Å². The van der Waals surface area contributed by atoms with Gasteiger partial charge in [-0.2, -0.15) is 5.11 Å². The summed E-state index contributed by atoms with van der Waals surface area (Å²) in [5.41, 5.74) is 9.86. The molecule has 0 aliphatic rings. The van der Waals surface area contributed by atoms with E-state index in [1.807, 2.05) is 42.5 Å². The van der Waals surface area contributed by atoms with Crippen LogP contribution in [0.15, 0.2) is 58.4 Å². The Morgan fingerprint density at radius 3 is 2.50 bits per heavy atom. The molecule has 0 saturated heterocycles. The van der Waals surface area contributed by atoms with Crippen molar-refractivity contribution in [1.82, 2.24) is 9.38 Å². The van der Waals surface area contributed by atoms with Gasteiger partial charge in [-0.15, -0.1) is 0 Å². The Morgan fingerprint density at radius 2 is 1.70 bits per heavy atom. The van der Waals surface area contributed by atoms with Gasteiger partial charge in [0.15, 0.2) is 0 Å². The van der Waals surface area contributed by atoms with Gasteiger partial charge in [-0.1, -0.05) is 30.3 Å². The van der Waals surface area contributed by atoms with Crippen LogP contribution in [-0.2, 0) is 0 Å². The van der Waals surface area contributed by atoms with E-state index in [1.165, 1.54) is 0 Å². The minimum Gasteiger partial charge on any atom is -0.339 e. The number of hydrogen-bond acceptors (Lipinski definition) is 3. The Bertz CT molecular complexity index is 1040. The summed E-state index contributed by atoms with van der Waals surface area (Å²) >= 11 is 0. The van der Waals surface area contributed by atoms with Crippen LogP contribution in [-0.4, -0.2) is 9.38 Å². The van der Waals surface area contributed by atoms with Crippen molar-refractivity contribution in [1.29, 1.82) is 5.53 Å². The fraction of sp³-hybridized carbons (Fsp3) is 0. The number of aromatic amines is 1. The van der Waals surface area contributed by atoms with E-state index >= 15 is 0 Å². The minimum atomic E-state index is -0.0968. The molecular formula is C15H10N4O. The van der Waals surface area contributed by atoms with Crippen LogP contribution in [0.2, 0.25) is 0 Å². The van der Waals surface area contributed by atoms with Crippen LogP contribution in [0, 0.1) is 5.53 Å². The van der Waals surface area contributed by atoms with Gasteiger partial charge in [-0.25, -0.2) is 5.53 Å². The molecule has 2 N–H and O–H groups in total. The summed E-state index contributed by atoms with van der Waals surface area (Å²) in [5.74, 6) is 0. The highest BCUT2D eigenvalue weighted by molar-refractivity contribution is 6.01. The molecule has 2 aromatic carbocycles. The Morgan fingerprint density at radius 1 is 1.00 bits per heavy atom. The lowest BCUT2D eigenvalue weighted by Crippen LogP contribution is -2.13. The van der Waals surface area contributed by atoms with E-state index in [0.29, 0.717) is 16.7 Å². The summed E-state index contributed by atoms with van der Waals surface area (Å²) < 4.78 is 1.59.